The number of nitrogens with zero attached hydrogens (tertiary/aromatic N) is 1. The van der Waals surface area contributed by atoms with E-state index in [1.165, 1.54) is 12.1 Å². The molecule has 0 bridgehead atoms. The first-order valence-electron chi connectivity index (χ1n) is 5.89. The third kappa shape index (κ3) is 3.08. The van der Waals surface area contributed by atoms with Crippen molar-refractivity contribution in [3.63, 3.8) is 0 Å². The Morgan fingerprint density at radius 2 is 2.20 bits per heavy atom. The normalized spacial score (nSPS) is 17.7. The molecule has 20 heavy (non-hydrogen) atoms. The number of nitro groups is 1. The maximum absolute atomic E-state index is 12.0. The maximum Gasteiger partial charge on any atom is 0.338 e. The number of carbonyl (C=O) groups is 2. The number of amides is 1. The van der Waals surface area contributed by atoms with Gasteiger partial charge >= 0.3 is 5.97 Å². The Morgan fingerprint density at radius 3 is 2.75 bits per heavy atom. The van der Waals surface area contributed by atoms with Gasteiger partial charge in [-0.3, -0.25) is 14.9 Å². The monoisotopic (exact) mass is 296 g/mol. The van der Waals surface area contributed by atoms with Gasteiger partial charge in [-0.05, 0) is 18.2 Å². The summed E-state index contributed by atoms with van der Waals surface area (Å²) in [6, 6.07) is 3.37. The number of carboxylic acids is 1. The van der Waals surface area contributed by atoms with Gasteiger partial charge in [-0.2, -0.15) is 11.8 Å². The number of hydrogen-bond acceptors (Lipinski definition) is 5. The number of non-ortho nitro benzene ring substituents is 1. The first-order chi connectivity index (χ1) is 9.49. The Balaban J connectivity index is 2.24. The molecule has 0 aliphatic carbocycles. The van der Waals surface area contributed by atoms with Gasteiger partial charge in [0.15, 0.2) is 0 Å². The van der Waals surface area contributed by atoms with Crippen molar-refractivity contribution < 1.29 is 19.6 Å². The molecular weight excluding hydrogens is 284 g/mol. The van der Waals surface area contributed by atoms with E-state index >= 15 is 0 Å². The Bertz CT molecular complexity index is 569. The van der Waals surface area contributed by atoms with E-state index in [9.17, 15) is 19.7 Å². The molecule has 7 nitrogen and oxygen atoms in total. The average Bonchev–Trinajstić information content (AvgIpc) is 2.92. The van der Waals surface area contributed by atoms with Gasteiger partial charge in [-0.1, -0.05) is 0 Å². The molecule has 1 aliphatic heterocycles. The highest BCUT2D eigenvalue weighted by molar-refractivity contribution is 7.99. The summed E-state index contributed by atoms with van der Waals surface area (Å²) in [5, 5.41) is 22.3. The average molecular weight is 296 g/mol. The van der Waals surface area contributed by atoms with E-state index in [-0.39, 0.29) is 28.8 Å². The largest absolute Gasteiger partial charge is 0.478 e. The minimum atomic E-state index is -1.32. The molecular formula is C12H12N2O5S. The SMILES string of the molecule is O=C(O)c1cc([N+](=O)[O-])ccc1NC(=O)C1CCSC1. The molecule has 1 aromatic carbocycles. The molecule has 0 spiro atoms. The van der Waals surface area contributed by atoms with Crippen LogP contribution in [0.2, 0.25) is 0 Å². The van der Waals surface area contributed by atoms with E-state index in [2.05, 4.69) is 5.32 Å². The molecule has 0 radical (unpaired) electrons. The molecule has 0 aromatic heterocycles. The van der Waals surface area contributed by atoms with Crippen LogP contribution in [0, 0.1) is 16.0 Å². The Hall–Kier alpha value is -2.09. The number of aromatic carboxylic acids is 1. The molecule has 1 amide bonds. The number of carbonyl (C=O) groups excluding carboxylic acids is 1. The van der Waals surface area contributed by atoms with Gasteiger partial charge in [0.1, 0.15) is 0 Å². The molecule has 1 unspecified atom stereocenters. The smallest absolute Gasteiger partial charge is 0.338 e. The van der Waals surface area contributed by atoms with Crippen LogP contribution in [-0.2, 0) is 4.79 Å². The summed E-state index contributed by atoms with van der Waals surface area (Å²) in [6.07, 6.45) is 0.756. The number of thioether (sulfide) groups is 1. The molecule has 1 aromatic rings. The highest BCUT2D eigenvalue weighted by Crippen LogP contribution is 2.27. The summed E-state index contributed by atoms with van der Waals surface area (Å²) < 4.78 is 0. The second-order valence-corrected chi connectivity index (χ2v) is 5.49. The van der Waals surface area contributed by atoms with E-state index in [4.69, 9.17) is 5.11 Å². The summed E-state index contributed by atoms with van der Waals surface area (Å²) in [5.74, 6) is -0.0845. The summed E-state index contributed by atoms with van der Waals surface area (Å²) in [6.45, 7) is 0. The van der Waals surface area contributed by atoms with Gasteiger partial charge in [0.25, 0.3) is 5.69 Å². The van der Waals surface area contributed by atoms with E-state index in [1.807, 2.05) is 0 Å². The van der Waals surface area contributed by atoms with Crippen molar-refractivity contribution in [2.75, 3.05) is 16.8 Å². The van der Waals surface area contributed by atoms with E-state index in [0.717, 1.165) is 18.2 Å². The van der Waals surface area contributed by atoms with Crippen LogP contribution in [0.1, 0.15) is 16.8 Å². The zero-order valence-corrected chi connectivity index (χ0v) is 11.2. The van der Waals surface area contributed by atoms with Crippen molar-refractivity contribution >= 4 is 35.0 Å². The highest BCUT2D eigenvalue weighted by atomic mass is 32.2. The fraction of sp³-hybridized carbons (Fsp3) is 0.333. The lowest BCUT2D eigenvalue weighted by molar-refractivity contribution is -0.384. The van der Waals surface area contributed by atoms with Crippen LogP contribution in [-0.4, -0.2) is 33.4 Å². The van der Waals surface area contributed by atoms with Crippen LogP contribution in [0.4, 0.5) is 11.4 Å². The predicted octanol–water partition coefficient (Wildman–Crippen LogP) is 1.98. The van der Waals surface area contributed by atoms with Crippen molar-refractivity contribution in [1.82, 2.24) is 0 Å². The first-order valence-corrected chi connectivity index (χ1v) is 7.05. The number of rotatable bonds is 4. The lowest BCUT2D eigenvalue weighted by atomic mass is 10.1. The minimum Gasteiger partial charge on any atom is -0.478 e. The number of hydrogen-bond donors (Lipinski definition) is 2. The summed E-state index contributed by atoms with van der Waals surface area (Å²) >= 11 is 1.67. The van der Waals surface area contributed by atoms with Gasteiger partial charge in [0, 0.05) is 23.8 Å². The van der Waals surface area contributed by atoms with Gasteiger partial charge in [0.2, 0.25) is 5.91 Å². The minimum absolute atomic E-state index is 0.0880. The zero-order chi connectivity index (χ0) is 14.7. The molecule has 106 valence electrons. The quantitative estimate of drug-likeness (QED) is 0.649. The topological polar surface area (TPSA) is 110 Å². The standard InChI is InChI=1S/C12H12N2O5S/c15-11(7-3-4-20-6-7)13-10-2-1-8(14(18)19)5-9(10)12(16)17/h1-2,5,7H,3-4,6H2,(H,13,15)(H,16,17). The van der Waals surface area contributed by atoms with Crippen LogP contribution < -0.4 is 5.32 Å². The second-order valence-electron chi connectivity index (χ2n) is 4.34. The molecule has 2 N–H and O–H groups in total. The number of nitro benzene ring substituents is 1. The summed E-state index contributed by atoms with van der Waals surface area (Å²) in [4.78, 5) is 33.0. The lowest BCUT2D eigenvalue weighted by Crippen LogP contribution is -2.23. The van der Waals surface area contributed by atoms with Crippen LogP contribution in [0.5, 0.6) is 0 Å². The molecule has 1 fully saturated rings. The second kappa shape index (κ2) is 5.91. The Kier molecular flexibility index (Phi) is 4.23. The third-order valence-corrected chi connectivity index (χ3v) is 4.17. The van der Waals surface area contributed by atoms with E-state index in [1.54, 1.807) is 11.8 Å². The first kappa shape index (κ1) is 14.3. The van der Waals surface area contributed by atoms with Gasteiger partial charge < -0.3 is 10.4 Å². The fourth-order valence-corrected chi connectivity index (χ4v) is 3.13. The van der Waals surface area contributed by atoms with Crippen molar-refractivity contribution in [1.29, 1.82) is 0 Å². The Labute approximate surface area is 118 Å². The number of anilines is 1. The zero-order valence-electron chi connectivity index (χ0n) is 10.4. The lowest BCUT2D eigenvalue weighted by Gasteiger charge is -2.11. The Morgan fingerprint density at radius 1 is 1.45 bits per heavy atom. The van der Waals surface area contributed by atoms with Gasteiger partial charge in [-0.25, -0.2) is 4.79 Å². The van der Waals surface area contributed by atoms with Crippen molar-refractivity contribution in [2.45, 2.75) is 6.42 Å². The number of nitrogens with one attached hydrogen (secondary N) is 1. The van der Waals surface area contributed by atoms with Gasteiger partial charge in [0.05, 0.1) is 16.2 Å². The number of carboxylic acid groups (broad SMARTS) is 1. The molecule has 1 aliphatic rings. The van der Waals surface area contributed by atoms with Crippen LogP contribution in [0.25, 0.3) is 0 Å². The fourth-order valence-electron chi connectivity index (χ4n) is 1.91. The molecule has 2 rings (SSSR count). The van der Waals surface area contributed by atoms with E-state index in [0.29, 0.717) is 5.75 Å². The predicted molar refractivity (Wildman–Crippen MR) is 74.1 cm³/mol. The molecule has 1 atom stereocenters. The maximum atomic E-state index is 12.0. The summed E-state index contributed by atoms with van der Waals surface area (Å²) in [7, 11) is 0. The van der Waals surface area contributed by atoms with Crippen molar-refractivity contribution in [3.05, 3.63) is 33.9 Å². The van der Waals surface area contributed by atoms with Crippen LogP contribution in [0.3, 0.4) is 0 Å². The van der Waals surface area contributed by atoms with Crippen molar-refractivity contribution in [2.24, 2.45) is 5.92 Å². The molecule has 1 heterocycles. The van der Waals surface area contributed by atoms with Crippen LogP contribution in [0.15, 0.2) is 18.2 Å². The van der Waals surface area contributed by atoms with Crippen LogP contribution >= 0.6 is 11.8 Å². The van der Waals surface area contributed by atoms with Gasteiger partial charge in [-0.15, -0.1) is 0 Å². The molecule has 0 saturated carbocycles. The number of benzene rings is 1. The third-order valence-electron chi connectivity index (χ3n) is 3.00. The highest BCUT2D eigenvalue weighted by Gasteiger charge is 2.25. The van der Waals surface area contributed by atoms with E-state index < -0.39 is 10.9 Å². The van der Waals surface area contributed by atoms with Crippen molar-refractivity contribution in [3.8, 4) is 0 Å². The molecule has 1 saturated heterocycles. The summed E-state index contributed by atoms with van der Waals surface area (Å²) in [5.41, 5.74) is -0.514. The molecule has 8 heteroatoms.